The van der Waals surface area contributed by atoms with Crippen LogP contribution in [0, 0.1) is 6.92 Å². The summed E-state index contributed by atoms with van der Waals surface area (Å²) in [5.41, 5.74) is 6.43. The fraction of sp³-hybridized carbons (Fsp3) is 0.0968. The van der Waals surface area contributed by atoms with E-state index < -0.39 is 17.8 Å². The second kappa shape index (κ2) is 12.5. The molecule has 0 spiro atoms. The van der Waals surface area contributed by atoms with Crippen LogP contribution in [0.5, 0.6) is 0 Å². The Kier molecular flexibility index (Phi) is 8.63. The monoisotopic (exact) mass is 554 g/mol. The van der Waals surface area contributed by atoms with E-state index in [-0.39, 0.29) is 5.63 Å². The molecular formula is C31H26N2O8. The fourth-order valence-corrected chi connectivity index (χ4v) is 4.11. The number of ether oxygens (including phenoxy) is 2. The molecule has 2 heterocycles. The van der Waals surface area contributed by atoms with Gasteiger partial charge in [0.15, 0.2) is 0 Å². The molecule has 6 aromatic rings. The number of hydrogen-bond donors (Lipinski definition) is 2. The van der Waals surface area contributed by atoms with Crippen LogP contribution in [0.3, 0.4) is 0 Å². The number of rotatable bonds is 1. The van der Waals surface area contributed by atoms with E-state index in [0.29, 0.717) is 27.6 Å². The molecule has 0 aliphatic heterocycles. The van der Waals surface area contributed by atoms with Crippen molar-refractivity contribution in [2.75, 3.05) is 19.5 Å². The minimum atomic E-state index is -0.745. The molecule has 2 aromatic heterocycles. The van der Waals surface area contributed by atoms with Gasteiger partial charge in [0.05, 0.1) is 25.0 Å². The smallest absolute Gasteiger partial charge is 0.411 e. The van der Waals surface area contributed by atoms with Gasteiger partial charge in [-0.3, -0.25) is 5.32 Å². The minimum Gasteiger partial charge on any atom is -0.453 e. The summed E-state index contributed by atoms with van der Waals surface area (Å²) < 4.78 is 19.0. The molecule has 3 N–H and O–H groups in total. The molecule has 4 aromatic carbocycles. The first-order valence-corrected chi connectivity index (χ1v) is 12.3. The minimum absolute atomic E-state index is 0.270. The van der Waals surface area contributed by atoms with E-state index in [0.717, 1.165) is 27.1 Å². The van der Waals surface area contributed by atoms with Gasteiger partial charge in [0.1, 0.15) is 11.2 Å². The van der Waals surface area contributed by atoms with E-state index in [1.165, 1.54) is 14.2 Å². The van der Waals surface area contributed by atoms with E-state index in [1.807, 2.05) is 55.5 Å². The van der Waals surface area contributed by atoms with Crippen LogP contribution in [0.1, 0.15) is 5.56 Å². The molecule has 0 fully saturated rings. The van der Waals surface area contributed by atoms with Crippen molar-refractivity contribution >= 4 is 61.4 Å². The van der Waals surface area contributed by atoms with E-state index in [2.05, 4.69) is 20.5 Å². The Labute approximate surface area is 232 Å². The lowest BCUT2D eigenvalue weighted by atomic mass is 10.1. The average Bonchev–Trinajstić information content (AvgIpc) is 2.98. The highest BCUT2D eigenvalue weighted by Gasteiger charge is 2.09. The van der Waals surface area contributed by atoms with Gasteiger partial charge < -0.3 is 24.0 Å². The highest BCUT2D eigenvalue weighted by atomic mass is 16.5. The Morgan fingerprint density at radius 1 is 0.659 bits per heavy atom. The lowest BCUT2D eigenvalue weighted by molar-refractivity contribution is 0.182. The maximum absolute atomic E-state index is 11.9. The molecule has 6 rings (SSSR count). The second-order valence-electron chi connectivity index (χ2n) is 8.72. The normalized spacial score (nSPS) is 10.3. The van der Waals surface area contributed by atoms with Gasteiger partial charge in [0.2, 0.25) is 0 Å². The van der Waals surface area contributed by atoms with Crippen LogP contribution < -0.4 is 22.3 Å². The third-order valence-corrected chi connectivity index (χ3v) is 6.03. The lowest BCUT2D eigenvalue weighted by Crippen LogP contribution is -2.10. The number of benzene rings is 4. The van der Waals surface area contributed by atoms with Gasteiger partial charge in [-0.05, 0) is 53.6 Å². The van der Waals surface area contributed by atoms with Crippen LogP contribution in [-0.2, 0) is 9.47 Å². The number of aryl methyl sites for hydroxylation is 1. The first-order valence-electron chi connectivity index (χ1n) is 12.3. The number of carbonyl (C=O) groups is 2. The number of primary amides is 1. The zero-order chi connectivity index (χ0) is 29.5. The maximum Gasteiger partial charge on any atom is 0.411 e. The third kappa shape index (κ3) is 6.51. The van der Waals surface area contributed by atoms with Crippen molar-refractivity contribution in [2.24, 2.45) is 5.73 Å². The Morgan fingerprint density at radius 2 is 1.12 bits per heavy atom. The first-order chi connectivity index (χ1) is 19.7. The highest BCUT2D eigenvalue weighted by molar-refractivity contribution is 6.06. The van der Waals surface area contributed by atoms with Gasteiger partial charge in [-0.25, -0.2) is 19.2 Å². The Balaban J connectivity index is 0.000000165. The van der Waals surface area contributed by atoms with Gasteiger partial charge in [0, 0.05) is 22.5 Å². The topological polar surface area (TPSA) is 151 Å². The summed E-state index contributed by atoms with van der Waals surface area (Å²) in [6.07, 6.45) is -1.32. The maximum atomic E-state index is 11.9. The first kappa shape index (κ1) is 28.4. The van der Waals surface area contributed by atoms with E-state index in [1.54, 1.807) is 36.4 Å². The number of fused-ring (bicyclic) bond motifs is 6. The number of methoxy groups -OCH3 is 2. The molecule has 2 amide bonds. The molecule has 41 heavy (non-hydrogen) atoms. The number of nitrogens with two attached hydrogens (primary N) is 1. The fourth-order valence-electron chi connectivity index (χ4n) is 4.11. The molecule has 208 valence electrons. The van der Waals surface area contributed by atoms with E-state index >= 15 is 0 Å². The third-order valence-electron chi connectivity index (χ3n) is 6.03. The van der Waals surface area contributed by atoms with Crippen molar-refractivity contribution in [3.63, 3.8) is 0 Å². The summed E-state index contributed by atoms with van der Waals surface area (Å²) in [5.74, 6) is 0. The standard InChI is InChI=1S/C15H11NO4.C14H10O2.C2H5NO2/c1-19-15(18)16-9-6-7-11-10-4-2-3-5-12(10)14(17)20-13(11)8-9;1-9-6-7-11-10-4-2-3-5-12(10)14(15)16-13(11)8-9;1-5-2(3)4/h2-8H,1H3,(H,16,18);2-8H,1H3;1H3,(H2,3,4). The summed E-state index contributed by atoms with van der Waals surface area (Å²) in [6, 6.07) is 25.8. The molecule has 0 unspecified atom stereocenters. The highest BCUT2D eigenvalue weighted by Crippen LogP contribution is 2.25. The van der Waals surface area contributed by atoms with Crippen LogP contribution >= 0.6 is 0 Å². The molecule has 10 nitrogen and oxygen atoms in total. The lowest BCUT2D eigenvalue weighted by Gasteiger charge is -2.06. The summed E-state index contributed by atoms with van der Waals surface area (Å²) in [4.78, 5) is 44.2. The molecule has 0 saturated carbocycles. The molecule has 0 atom stereocenters. The Morgan fingerprint density at radius 3 is 1.61 bits per heavy atom. The van der Waals surface area contributed by atoms with Gasteiger partial charge >= 0.3 is 23.4 Å². The summed E-state index contributed by atoms with van der Waals surface area (Å²) in [5, 5.41) is 7.28. The Bertz CT molecular complexity index is 2010. The molecular weight excluding hydrogens is 528 g/mol. The summed E-state index contributed by atoms with van der Waals surface area (Å²) >= 11 is 0. The summed E-state index contributed by atoms with van der Waals surface area (Å²) in [7, 11) is 2.51. The van der Waals surface area contributed by atoms with Crippen molar-refractivity contribution in [3.05, 3.63) is 111 Å². The van der Waals surface area contributed by atoms with Crippen LogP contribution in [0.15, 0.2) is 103 Å². The molecule has 10 heteroatoms. The van der Waals surface area contributed by atoms with Crippen LogP contribution in [0.4, 0.5) is 15.3 Å². The van der Waals surface area contributed by atoms with Gasteiger partial charge in [-0.2, -0.15) is 0 Å². The van der Waals surface area contributed by atoms with Crippen molar-refractivity contribution in [3.8, 4) is 0 Å². The van der Waals surface area contributed by atoms with Crippen molar-refractivity contribution in [2.45, 2.75) is 6.92 Å². The Hall–Kier alpha value is -5.64. The zero-order valence-corrected chi connectivity index (χ0v) is 22.4. The quantitative estimate of drug-likeness (QED) is 0.183. The van der Waals surface area contributed by atoms with Crippen LogP contribution in [-0.4, -0.2) is 26.4 Å². The largest absolute Gasteiger partial charge is 0.453 e. The zero-order valence-electron chi connectivity index (χ0n) is 22.4. The molecule has 0 saturated heterocycles. The van der Waals surface area contributed by atoms with E-state index in [4.69, 9.17) is 8.83 Å². The molecule has 0 radical (unpaired) electrons. The van der Waals surface area contributed by atoms with Crippen LogP contribution in [0.25, 0.3) is 43.5 Å². The van der Waals surface area contributed by atoms with Gasteiger partial charge in [0.25, 0.3) is 0 Å². The predicted molar refractivity (Wildman–Crippen MR) is 157 cm³/mol. The number of amides is 2. The van der Waals surface area contributed by atoms with E-state index in [9.17, 15) is 19.2 Å². The average molecular weight is 555 g/mol. The molecule has 0 bridgehead atoms. The van der Waals surface area contributed by atoms with Crippen molar-refractivity contribution < 1.29 is 27.9 Å². The number of anilines is 1. The summed E-state index contributed by atoms with van der Waals surface area (Å²) in [6.45, 7) is 1.98. The number of hydrogen-bond acceptors (Lipinski definition) is 8. The van der Waals surface area contributed by atoms with Crippen molar-refractivity contribution in [1.82, 2.24) is 0 Å². The molecule has 0 aliphatic carbocycles. The second-order valence-corrected chi connectivity index (χ2v) is 8.72. The molecule has 0 aliphatic rings. The number of nitrogens with one attached hydrogen (secondary N) is 1. The van der Waals surface area contributed by atoms with Gasteiger partial charge in [-0.15, -0.1) is 0 Å². The SMILES string of the molecule is COC(=O)Nc1ccc2c(c1)oc(=O)c1ccccc12.COC(N)=O.Cc1ccc2c(c1)oc(=O)c1ccccc12. The van der Waals surface area contributed by atoms with Crippen molar-refractivity contribution in [1.29, 1.82) is 0 Å². The van der Waals surface area contributed by atoms with Gasteiger partial charge in [-0.1, -0.05) is 48.5 Å². The van der Waals surface area contributed by atoms with Crippen LogP contribution in [0.2, 0.25) is 0 Å². The predicted octanol–water partition coefficient (Wildman–Crippen LogP) is 6.09. The number of carbonyl (C=O) groups excluding carboxylic acids is 2.